The lowest BCUT2D eigenvalue weighted by Gasteiger charge is -2.46. The van der Waals surface area contributed by atoms with Gasteiger partial charge >= 0.3 is 0 Å². The third kappa shape index (κ3) is 4.12. The molecule has 0 amide bonds. The monoisotopic (exact) mass is 370 g/mol. The number of methoxy groups -OCH3 is 2. The maximum atomic E-state index is 10.2. The molecule has 6 N–H and O–H groups in total. The Labute approximate surface area is 144 Å². The van der Waals surface area contributed by atoms with E-state index in [1.165, 1.54) is 14.2 Å². The molecule has 0 bridgehead atoms. The predicted molar refractivity (Wildman–Crippen MR) is 78.2 cm³/mol. The van der Waals surface area contributed by atoms with Gasteiger partial charge < -0.3 is 54.3 Å². The van der Waals surface area contributed by atoms with Crippen LogP contribution in [0.2, 0.25) is 0 Å². The van der Waals surface area contributed by atoms with Gasteiger partial charge in [0, 0.05) is 14.2 Å². The smallest absolute Gasteiger partial charge is 0.187 e. The third-order valence-electron chi connectivity index (χ3n) is 4.44. The Bertz CT molecular complexity index is 406. The Kier molecular flexibility index (Phi) is 7.49. The fourth-order valence-electron chi connectivity index (χ4n) is 3.03. The molecule has 2 aliphatic rings. The molecule has 10 atom stereocenters. The van der Waals surface area contributed by atoms with Crippen molar-refractivity contribution in [3.63, 3.8) is 0 Å². The molecule has 0 aromatic rings. The summed E-state index contributed by atoms with van der Waals surface area (Å²) in [5.41, 5.74) is 0. The summed E-state index contributed by atoms with van der Waals surface area (Å²) < 4.78 is 26.0. The second kappa shape index (κ2) is 8.97. The van der Waals surface area contributed by atoms with E-state index in [4.69, 9.17) is 23.7 Å². The van der Waals surface area contributed by atoms with E-state index in [0.717, 1.165) is 0 Å². The normalized spacial score (nSPS) is 48.5. The van der Waals surface area contributed by atoms with Gasteiger partial charge in [-0.1, -0.05) is 0 Å². The van der Waals surface area contributed by atoms with Crippen LogP contribution in [-0.4, -0.2) is 119 Å². The molecule has 2 heterocycles. The van der Waals surface area contributed by atoms with Gasteiger partial charge in [0.15, 0.2) is 12.6 Å². The lowest BCUT2D eigenvalue weighted by Crippen LogP contribution is -2.64. The maximum absolute atomic E-state index is 10.2. The van der Waals surface area contributed by atoms with Crippen LogP contribution in [0.3, 0.4) is 0 Å². The molecule has 0 spiro atoms. The number of aliphatic hydroxyl groups excluding tert-OH is 6. The zero-order chi connectivity index (χ0) is 18.7. The quantitative estimate of drug-likeness (QED) is 0.269. The highest BCUT2D eigenvalue weighted by molar-refractivity contribution is 4.94. The maximum Gasteiger partial charge on any atom is 0.187 e. The molecule has 2 saturated heterocycles. The Morgan fingerprint density at radius 2 is 1.16 bits per heavy atom. The third-order valence-corrected chi connectivity index (χ3v) is 4.44. The molecule has 0 radical (unpaired) electrons. The fraction of sp³-hybridized carbons (Fsp3) is 1.00. The van der Waals surface area contributed by atoms with Crippen molar-refractivity contribution in [2.45, 2.75) is 61.4 Å². The summed E-state index contributed by atoms with van der Waals surface area (Å²) in [6, 6.07) is 0. The molecule has 0 saturated carbocycles. The Hall–Kier alpha value is -0.440. The molecule has 0 aliphatic carbocycles. The zero-order valence-corrected chi connectivity index (χ0v) is 13.9. The predicted octanol–water partition coefficient (Wildman–Crippen LogP) is -4.09. The summed E-state index contributed by atoms with van der Waals surface area (Å²) >= 11 is 0. The van der Waals surface area contributed by atoms with Crippen molar-refractivity contribution in [3.05, 3.63) is 0 Å². The van der Waals surface area contributed by atoms with Crippen LogP contribution in [-0.2, 0) is 23.7 Å². The van der Waals surface area contributed by atoms with Crippen LogP contribution in [0.5, 0.6) is 0 Å². The molecule has 0 aromatic carbocycles. The van der Waals surface area contributed by atoms with Gasteiger partial charge in [-0.15, -0.1) is 0 Å². The Morgan fingerprint density at radius 1 is 0.680 bits per heavy atom. The first-order chi connectivity index (χ1) is 11.9. The van der Waals surface area contributed by atoms with Gasteiger partial charge in [-0.3, -0.25) is 0 Å². The number of aliphatic hydroxyl groups is 6. The van der Waals surface area contributed by atoms with Crippen molar-refractivity contribution in [1.82, 2.24) is 0 Å². The molecule has 0 aromatic heterocycles. The second-order valence-electron chi connectivity index (χ2n) is 5.95. The Morgan fingerprint density at radius 3 is 1.68 bits per heavy atom. The van der Waals surface area contributed by atoms with E-state index in [1.54, 1.807) is 0 Å². The molecule has 148 valence electrons. The first-order valence-corrected chi connectivity index (χ1v) is 7.85. The summed E-state index contributed by atoms with van der Waals surface area (Å²) in [5, 5.41) is 59.3. The van der Waals surface area contributed by atoms with Gasteiger partial charge in [0.1, 0.15) is 48.8 Å². The van der Waals surface area contributed by atoms with E-state index in [2.05, 4.69) is 0 Å². The van der Waals surface area contributed by atoms with Crippen molar-refractivity contribution in [2.75, 3.05) is 27.4 Å². The van der Waals surface area contributed by atoms with Crippen LogP contribution in [0.15, 0.2) is 0 Å². The Balaban J connectivity index is 2.13. The van der Waals surface area contributed by atoms with Crippen LogP contribution >= 0.6 is 0 Å². The lowest BCUT2D eigenvalue weighted by molar-refractivity contribution is -0.358. The highest BCUT2D eigenvalue weighted by atomic mass is 16.7. The summed E-state index contributed by atoms with van der Waals surface area (Å²) in [5.74, 6) is 0. The SMILES string of the molecule is CO[C@@H]1O[C@@H](CO)[C@@H](O[C@@H]2OC(CO)[C@@H](OC)[C@H](O)C2O)C(O)C1O. The minimum Gasteiger partial charge on any atom is -0.394 e. The fourth-order valence-corrected chi connectivity index (χ4v) is 3.03. The summed E-state index contributed by atoms with van der Waals surface area (Å²) in [4.78, 5) is 0. The van der Waals surface area contributed by atoms with E-state index < -0.39 is 74.6 Å². The first kappa shape index (κ1) is 20.9. The average Bonchev–Trinajstić information content (AvgIpc) is 2.62. The zero-order valence-electron chi connectivity index (χ0n) is 13.9. The molecule has 25 heavy (non-hydrogen) atoms. The van der Waals surface area contributed by atoms with Gasteiger partial charge in [0.2, 0.25) is 0 Å². The van der Waals surface area contributed by atoms with E-state index in [1.807, 2.05) is 0 Å². The number of hydrogen-bond donors (Lipinski definition) is 6. The molecule has 2 rings (SSSR count). The largest absolute Gasteiger partial charge is 0.394 e. The molecular formula is C14H26O11. The van der Waals surface area contributed by atoms with Crippen LogP contribution < -0.4 is 0 Å². The van der Waals surface area contributed by atoms with E-state index in [9.17, 15) is 30.6 Å². The van der Waals surface area contributed by atoms with Crippen LogP contribution in [0, 0.1) is 0 Å². The molecule has 4 unspecified atom stereocenters. The second-order valence-corrected chi connectivity index (χ2v) is 5.95. The van der Waals surface area contributed by atoms with Gasteiger partial charge in [-0.2, -0.15) is 0 Å². The van der Waals surface area contributed by atoms with Gasteiger partial charge in [0.05, 0.1) is 13.2 Å². The van der Waals surface area contributed by atoms with Crippen molar-refractivity contribution in [1.29, 1.82) is 0 Å². The summed E-state index contributed by atoms with van der Waals surface area (Å²) in [6.45, 7) is -1.08. The minimum absolute atomic E-state index is 0.510. The van der Waals surface area contributed by atoms with E-state index in [0.29, 0.717) is 0 Å². The van der Waals surface area contributed by atoms with Crippen LogP contribution in [0.25, 0.3) is 0 Å². The lowest BCUT2D eigenvalue weighted by atomic mass is 9.97. The summed E-state index contributed by atoms with van der Waals surface area (Å²) in [7, 11) is 2.55. The molecule has 11 nitrogen and oxygen atoms in total. The highest BCUT2D eigenvalue weighted by Gasteiger charge is 2.50. The van der Waals surface area contributed by atoms with Crippen molar-refractivity contribution < 1.29 is 54.3 Å². The van der Waals surface area contributed by atoms with Crippen LogP contribution in [0.1, 0.15) is 0 Å². The topological polar surface area (TPSA) is 168 Å². The first-order valence-electron chi connectivity index (χ1n) is 7.85. The van der Waals surface area contributed by atoms with Gasteiger partial charge in [0.25, 0.3) is 0 Å². The standard InChI is InChI=1S/C14H26O11/c1-21-11-5(3-15)24-14(10(20)7(11)17)25-12-6(4-16)23-13(22-2)9(19)8(12)18/h5-20H,3-4H2,1-2H3/t5?,6-,7+,8?,9?,10?,11+,12+,13+,14-/m0/s1. The van der Waals surface area contributed by atoms with Crippen molar-refractivity contribution in [2.24, 2.45) is 0 Å². The van der Waals surface area contributed by atoms with E-state index in [-0.39, 0.29) is 0 Å². The number of ether oxygens (including phenoxy) is 5. The number of hydrogen-bond acceptors (Lipinski definition) is 11. The molecule has 2 fully saturated rings. The van der Waals surface area contributed by atoms with Crippen molar-refractivity contribution >= 4 is 0 Å². The van der Waals surface area contributed by atoms with Crippen LogP contribution in [0.4, 0.5) is 0 Å². The molecular weight excluding hydrogens is 344 g/mol. The van der Waals surface area contributed by atoms with Gasteiger partial charge in [-0.05, 0) is 0 Å². The highest BCUT2D eigenvalue weighted by Crippen LogP contribution is 2.29. The van der Waals surface area contributed by atoms with E-state index >= 15 is 0 Å². The number of rotatable bonds is 6. The molecule has 11 heteroatoms. The van der Waals surface area contributed by atoms with Crippen molar-refractivity contribution in [3.8, 4) is 0 Å². The average molecular weight is 370 g/mol. The molecule has 2 aliphatic heterocycles. The summed E-state index contributed by atoms with van der Waals surface area (Å²) in [6.07, 6.45) is -12.9. The van der Waals surface area contributed by atoms with Gasteiger partial charge in [-0.25, -0.2) is 0 Å². The minimum atomic E-state index is -1.56.